The van der Waals surface area contributed by atoms with E-state index >= 15 is 0 Å². The summed E-state index contributed by atoms with van der Waals surface area (Å²) in [6.07, 6.45) is 0. The zero-order valence-corrected chi connectivity index (χ0v) is 16.7. The van der Waals surface area contributed by atoms with Gasteiger partial charge in [0.25, 0.3) is 5.91 Å². The fraction of sp³-hybridized carbons (Fsp3) is 0.227. The highest BCUT2D eigenvalue weighted by atomic mass is 19.1. The van der Waals surface area contributed by atoms with Gasteiger partial charge in [-0.2, -0.15) is 4.98 Å². The number of aryl methyl sites for hydroxylation is 1. The van der Waals surface area contributed by atoms with Gasteiger partial charge in [-0.1, -0.05) is 6.07 Å². The van der Waals surface area contributed by atoms with Crippen molar-refractivity contribution in [1.82, 2.24) is 9.97 Å². The monoisotopic (exact) mass is 393 g/mol. The number of aromatic nitrogens is 2. The van der Waals surface area contributed by atoms with Crippen LogP contribution >= 0.6 is 0 Å². The second kappa shape index (κ2) is 9.14. The zero-order valence-electron chi connectivity index (χ0n) is 16.7. The zero-order chi connectivity index (χ0) is 20.8. The minimum absolute atomic E-state index is 0.268. The number of anilines is 4. The molecule has 7 heteroatoms. The summed E-state index contributed by atoms with van der Waals surface area (Å²) in [4.78, 5) is 23.4. The lowest BCUT2D eigenvalue weighted by atomic mass is 10.2. The van der Waals surface area contributed by atoms with Crippen LogP contribution < -0.4 is 15.5 Å². The van der Waals surface area contributed by atoms with Crippen molar-refractivity contribution < 1.29 is 9.18 Å². The minimum Gasteiger partial charge on any atom is -0.357 e. The molecule has 3 rings (SSSR count). The Morgan fingerprint density at radius 3 is 2.34 bits per heavy atom. The predicted octanol–water partition coefficient (Wildman–Crippen LogP) is 4.77. The molecule has 0 atom stereocenters. The molecule has 0 aliphatic carbocycles. The molecule has 0 fully saturated rings. The second-order valence-electron chi connectivity index (χ2n) is 6.53. The number of hydrogen-bond acceptors (Lipinski definition) is 5. The Morgan fingerprint density at radius 1 is 1.00 bits per heavy atom. The molecule has 150 valence electrons. The van der Waals surface area contributed by atoms with Crippen LogP contribution in [0.4, 0.5) is 27.5 Å². The maximum atomic E-state index is 13.3. The van der Waals surface area contributed by atoms with Crippen LogP contribution in [0.1, 0.15) is 29.9 Å². The average Bonchev–Trinajstić information content (AvgIpc) is 2.70. The molecule has 29 heavy (non-hydrogen) atoms. The first-order chi connectivity index (χ1) is 14.0. The molecule has 3 aromatic rings. The van der Waals surface area contributed by atoms with Crippen molar-refractivity contribution in [3.8, 4) is 0 Å². The summed E-state index contributed by atoms with van der Waals surface area (Å²) in [5, 5.41) is 5.95. The van der Waals surface area contributed by atoms with E-state index in [9.17, 15) is 9.18 Å². The summed E-state index contributed by atoms with van der Waals surface area (Å²) >= 11 is 0. The first-order valence-corrected chi connectivity index (χ1v) is 9.53. The van der Waals surface area contributed by atoms with Gasteiger partial charge in [0.2, 0.25) is 5.95 Å². The van der Waals surface area contributed by atoms with Crippen LogP contribution in [0, 0.1) is 12.7 Å². The fourth-order valence-corrected chi connectivity index (χ4v) is 2.92. The standard InChI is InChI=1S/C22H24FN5O/c1-4-28(5-2)20-13-15(3)24-22(27-20)26-19-11-9-18(10-12-19)25-21(29)16-7-6-8-17(23)14-16/h6-14H,4-5H2,1-3H3,(H,25,29)(H,24,26,27). The molecule has 0 unspecified atom stereocenters. The van der Waals surface area contributed by atoms with E-state index in [4.69, 9.17) is 0 Å². The van der Waals surface area contributed by atoms with Gasteiger partial charge in [-0.25, -0.2) is 9.37 Å². The van der Waals surface area contributed by atoms with Crippen LogP contribution in [-0.4, -0.2) is 29.0 Å². The summed E-state index contributed by atoms with van der Waals surface area (Å²) in [6, 6.07) is 14.7. The number of amides is 1. The number of benzene rings is 2. The summed E-state index contributed by atoms with van der Waals surface area (Å²) < 4.78 is 13.3. The van der Waals surface area contributed by atoms with Crippen molar-refractivity contribution >= 4 is 29.0 Å². The molecule has 0 bridgehead atoms. The van der Waals surface area contributed by atoms with Gasteiger partial charge in [0.15, 0.2) is 0 Å². The first kappa shape index (κ1) is 20.3. The molecule has 2 aromatic carbocycles. The quantitative estimate of drug-likeness (QED) is 0.605. The molecule has 1 heterocycles. The van der Waals surface area contributed by atoms with E-state index in [2.05, 4.69) is 39.3 Å². The maximum absolute atomic E-state index is 13.3. The van der Waals surface area contributed by atoms with Gasteiger partial charge < -0.3 is 15.5 Å². The third-order valence-corrected chi connectivity index (χ3v) is 4.41. The van der Waals surface area contributed by atoms with E-state index < -0.39 is 5.82 Å². The molecule has 2 N–H and O–H groups in total. The lowest BCUT2D eigenvalue weighted by Gasteiger charge is -2.20. The van der Waals surface area contributed by atoms with Crippen molar-refractivity contribution in [3.05, 3.63) is 71.7 Å². The Morgan fingerprint density at radius 2 is 1.69 bits per heavy atom. The third kappa shape index (κ3) is 5.28. The van der Waals surface area contributed by atoms with Crippen molar-refractivity contribution in [2.24, 2.45) is 0 Å². The van der Waals surface area contributed by atoms with E-state index in [0.29, 0.717) is 11.6 Å². The van der Waals surface area contributed by atoms with Gasteiger partial charge in [0.1, 0.15) is 11.6 Å². The van der Waals surface area contributed by atoms with E-state index in [-0.39, 0.29) is 11.5 Å². The van der Waals surface area contributed by atoms with Gasteiger partial charge in [0, 0.05) is 41.8 Å². The third-order valence-electron chi connectivity index (χ3n) is 4.41. The molecule has 0 aliphatic heterocycles. The van der Waals surface area contributed by atoms with E-state index in [1.165, 1.54) is 18.2 Å². The van der Waals surface area contributed by atoms with Crippen molar-refractivity contribution in [3.63, 3.8) is 0 Å². The Labute approximate surface area is 169 Å². The van der Waals surface area contributed by atoms with Crippen LogP contribution in [0.3, 0.4) is 0 Å². The number of carbonyl (C=O) groups is 1. The molecular weight excluding hydrogens is 369 g/mol. The van der Waals surface area contributed by atoms with Crippen molar-refractivity contribution in [2.75, 3.05) is 28.6 Å². The Bertz CT molecular complexity index is 987. The van der Waals surface area contributed by atoms with Gasteiger partial charge in [0.05, 0.1) is 0 Å². The highest BCUT2D eigenvalue weighted by Crippen LogP contribution is 2.20. The van der Waals surface area contributed by atoms with Crippen LogP contribution in [0.5, 0.6) is 0 Å². The highest BCUT2D eigenvalue weighted by molar-refractivity contribution is 6.04. The fourth-order valence-electron chi connectivity index (χ4n) is 2.92. The number of carbonyl (C=O) groups excluding carboxylic acids is 1. The largest absolute Gasteiger partial charge is 0.357 e. The molecular formula is C22H24FN5O. The molecule has 0 saturated heterocycles. The topological polar surface area (TPSA) is 70.2 Å². The summed E-state index contributed by atoms with van der Waals surface area (Å²) in [5.74, 6) is 0.586. The average molecular weight is 393 g/mol. The molecule has 1 amide bonds. The number of halogens is 1. The van der Waals surface area contributed by atoms with Gasteiger partial charge in [-0.15, -0.1) is 0 Å². The highest BCUT2D eigenvalue weighted by Gasteiger charge is 2.09. The predicted molar refractivity (Wildman–Crippen MR) is 114 cm³/mol. The van der Waals surface area contributed by atoms with Crippen molar-refractivity contribution in [1.29, 1.82) is 0 Å². The maximum Gasteiger partial charge on any atom is 0.255 e. The van der Waals surface area contributed by atoms with Crippen molar-refractivity contribution in [2.45, 2.75) is 20.8 Å². The lowest BCUT2D eigenvalue weighted by Crippen LogP contribution is -2.23. The van der Waals surface area contributed by atoms with Gasteiger partial charge in [-0.3, -0.25) is 4.79 Å². The smallest absolute Gasteiger partial charge is 0.255 e. The lowest BCUT2D eigenvalue weighted by molar-refractivity contribution is 0.102. The number of hydrogen-bond donors (Lipinski definition) is 2. The first-order valence-electron chi connectivity index (χ1n) is 9.53. The number of rotatable bonds is 7. The van der Waals surface area contributed by atoms with Gasteiger partial charge >= 0.3 is 0 Å². The molecule has 0 spiro atoms. The molecule has 0 radical (unpaired) electrons. The Hall–Kier alpha value is -3.48. The summed E-state index contributed by atoms with van der Waals surface area (Å²) in [7, 11) is 0. The molecule has 6 nitrogen and oxygen atoms in total. The number of nitrogens with one attached hydrogen (secondary N) is 2. The minimum atomic E-state index is -0.445. The SMILES string of the molecule is CCN(CC)c1cc(C)nc(Nc2ccc(NC(=O)c3cccc(F)c3)cc2)n1. The van der Waals surface area contributed by atoms with Crippen LogP contribution in [0.15, 0.2) is 54.6 Å². The van der Waals surface area contributed by atoms with Crippen LogP contribution in [-0.2, 0) is 0 Å². The van der Waals surface area contributed by atoms with E-state index in [0.717, 1.165) is 30.3 Å². The van der Waals surface area contributed by atoms with Crippen LogP contribution in [0.25, 0.3) is 0 Å². The molecule has 0 aliphatic rings. The summed E-state index contributed by atoms with van der Waals surface area (Å²) in [5.41, 5.74) is 2.55. The molecule has 0 saturated carbocycles. The number of nitrogens with zero attached hydrogens (tertiary/aromatic N) is 3. The van der Waals surface area contributed by atoms with E-state index in [1.54, 1.807) is 18.2 Å². The van der Waals surface area contributed by atoms with Gasteiger partial charge in [-0.05, 0) is 63.2 Å². The second-order valence-corrected chi connectivity index (χ2v) is 6.53. The Balaban J connectivity index is 1.70. The van der Waals surface area contributed by atoms with E-state index in [1.807, 2.05) is 25.1 Å². The molecule has 1 aromatic heterocycles. The Kier molecular flexibility index (Phi) is 6.39. The van der Waals surface area contributed by atoms with Crippen LogP contribution in [0.2, 0.25) is 0 Å². The normalized spacial score (nSPS) is 10.5. The summed E-state index contributed by atoms with van der Waals surface area (Å²) in [6.45, 7) is 7.85.